The van der Waals surface area contributed by atoms with E-state index < -0.39 is 9.84 Å². The average Bonchev–Trinajstić information content (AvgIpc) is 3.11. The van der Waals surface area contributed by atoms with Gasteiger partial charge < -0.3 is 9.80 Å². The van der Waals surface area contributed by atoms with Gasteiger partial charge in [-0.15, -0.1) is 0 Å². The van der Waals surface area contributed by atoms with Crippen LogP contribution in [0.15, 0.2) is 24.4 Å². The number of aromatic nitrogens is 1. The minimum Gasteiger partial charge on any atom is -0.353 e. The maximum atomic E-state index is 12.3. The van der Waals surface area contributed by atoms with Gasteiger partial charge in [-0.3, -0.25) is 4.79 Å². The zero-order chi connectivity index (χ0) is 16.3. The van der Waals surface area contributed by atoms with E-state index in [1.165, 1.54) is 0 Å². The molecule has 0 unspecified atom stereocenters. The number of rotatable bonds is 4. The van der Waals surface area contributed by atoms with Crippen molar-refractivity contribution in [1.29, 1.82) is 0 Å². The molecule has 0 atom stereocenters. The van der Waals surface area contributed by atoms with Gasteiger partial charge in [0.2, 0.25) is 5.91 Å². The summed E-state index contributed by atoms with van der Waals surface area (Å²) in [6.45, 7) is 2.48. The van der Waals surface area contributed by atoms with Crippen LogP contribution >= 0.6 is 0 Å². The van der Waals surface area contributed by atoms with Gasteiger partial charge in [0.05, 0.1) is 5.25 Å². The molecule has 6 nitrogen and oxygen atoms in total. The average molecular weight is 337 g/mol. The molecule has 0 aromatic carbocycles. The lowest BCUT2D eigenvalue weighted by atomic mass is 10.3. The molecular formula is C16H23N3O3S. The maximum absolute atomic E-state index is 12.3. The van der Waals surface area contributed by atoms with Crippen LogP contribution in [-0.4, -0.2) is 61.4 Å². The van der Waals surface area contributed by atoms with Gasteiger partial charge in [-0.2, -0.15) is 0 Å². The molecule has 7 heteroatoms. The lowest BCUT2D eigenvalue weighted by Gasteiger charge is -2.35. The molecule has 0 bridgehead atoms. The fraction of sp³-hybridized carbons (Fsp3) is 0.625. The van der Waals surface area contributed by atoms with E-state index in [9.17, 15) is 13.2 Å². The summed E-state index contributed by atoms with van der Waals surface area (Å²) in [5, 5.41) is -0.304. The first-order valence-corrected chi connectivity index (χ1v) is 9.93. The topological polar surface area (TPSA) is 70.6 Å². The Labute approximate surface area is 137 Å². The molecule has 1 amide bonds. The molecule has 0 spiro atoms. The molecule has 0 radical (unpaired) electrons. The molecular weight excluding hydrogens is 314 g/mol. The predicted molar refractivity (Wildman–Crippen MR) is 89.1 cm³/mol. The van der Waals surface area contributed by atoms with Crippen LogP contribution < -0.4 is 4.90 Å². The summed E-state index contributed by atoms with van der Waals surface area (Å²) < 4.78 is 24.6. The number of nitrogens with zero attached hydrogens (tertiary/aromatic N) is 3. The summed E-state index contributed by atoms with van der Waals surface area (Å²) in [6.07, 6.45) is 5.09. The molecule has 23 heavy (non-hydrogen) atoms. The van der Waals surface area contributed by atoms with Gasteiger partial charge in [0, 0.05) is 32.4 Å². The van der Waals surface area contributed by atoms with Crippen molar-refractivity contribution in [2.75, 3.05) is 36.8 Å². The predicted octanol–water partition coefficient (Wildman–Crippen LogP) is 1.09. The number of anilines is 1. The highest BCUT2D eigenvalue weighted by Gasteiger charge is 2.33. The van der Waals surface area contributed by atoms with Gasteiger partial charge in [0.1, 0.15) is 11.6 Å². The van der Waals surface area contributed by atoms with E-state index in [2.05, 4.69) is 9.88 Å². The van der Waals surface area contributed by atoms with E-state index >= 15 is 0 Å². The molecule has 2 heterocycles. The second kappa shape index (κ2) is 6.86. The van der Waals surface area contributed by atoms with Crippen molar-refractivity contribution in [3.8, 4) is 0 Å². The molecule has 0 N–H and O–H groups in total. The number of carbonyl (C=O) groups is 1. The lowest BCUT2D eigenvalue weighted by molar-refractivity contribution is -0.128. The fourth-order valence-corrected chi connectivity index (χ4v) is 5.17. The van der Waals surface area contributed by atoms with Crippen LogP contribution in [0, 0.1) is 0 Å². The molecule has 3 rings (SSSR count). The third-order valence-electron chi connectivity index (χ3n) is 4.74. The Balaban J connectivity index is 1.54. The SMILES string of the molecule is O=C(CS(=O)(=O)C1CCCC1)N1CCN(c2ccccn2)CC1. The number of amides is 1. The van der Waals surface area contributed by atoms with E-state index in [0.717, 1.165) is 18.7 Å². The van der Waals surface area contributed by atoms with E-state index in [1.54, 1.807) is 11.1 Å². The normalized spacial score (nSPS) is 20.0. The molecule has 1 aromatic heterocycles. The van der Waals surface area contributed by atoms with Crippen molar-refractivity contribution in [2.45, 2.75) is 30.9 Å². The Morgan fingerprint density at radius 2 is 1.83 bits per heavy atom. The Morgan fingerprint density at radius 3 is 2.43 bits per heavy atom. The number of sulfone groups is 1. The number of hydrogen-bond donors (Lipinski definition) is 0. The molecule has 2 aliphatic rings. The molecule has 1 aliphatic carbocycles. The zero-order valence-corrected chi connectivity index (χ0v) is 14.0. The van der Waals surface area contributed by atoms with Crippen molar-refractivity contribution in [2.24, 2.45) is 0 Å². The van der Waals surface area contributed by atoms with Gasteiger partial charge in [-0.05, 0) is 25.0 Å². The largest absolute Gasteiger partial charge is 0.353 e. The first kappa shape index (κ1) is 16.2. The van der Waals surface area contributed by atoms with Gasteiger partial charge in [0.25, 0.3) is 0 Å². The number of pyridine rings is 1. The second-order valence-corrected chi connectivity index (χ2v) is 8.55. The number of carbonyl (C=O) groups excluding carboxylic acids is 1. The van der Waals surface area contributed by atoms with Crippen LogP contribution in [0.5, 0.6) is 0 Å². The third-order valence-corrected chi connectivity index (χ3v) is 6.88. The molecule has 1 aliphatic heterocycles. The molecule has 1 saturated heterocycles. The highest BCUT2D eigenvalue weighted by molar-refractivity contribution is 7.92. The summed E-state index contributed by atoms with van der Waals surface area (Å²) in [7, 11) is -3.29. The van der Waals surface area contributed by atoms with Crippen LogP contribution in [0.1, 0.15) is 25.7 Å². The van der Waals surface area contributed by atoms with Crippen LogP contribution in [0.3, 0.4) is 0 Å². The fourth-order valence-electron chi connectivity index (χ4n) is 3.35. The first-order valence-electron chi connectivity index (χ1n) is 8.21. The molecule has 1 aromatic rings. The van der Waals surface area contributed by atoms with Crippen LogP contribution in [-0.2, 0) is 14.6 Å². The highest BCUT2D eigenvalue weighted by Crippen LogP contribution is 2.25. The summed E-state index contributed by atoms with van der Waals surface area (Å²) in [5.41, 5.74) is 0. The van der Waals surface area contributed by atoms with Crippen LogP contribution in [0.4, 0.5) is 5.82 Å². The summed E-state index contributed by atoms with van der Waals surface area (Å²) in [5.74, 6) is 0.317. The first-order chi connectivity index (χ1) is 11.1. The summed E-state index contributed by atoms with van der Waals surface area (Å²) >= 11 is 0. The maximum Gasteiger partial charge on any atom is 0.237 e. The third kappa shape index (κ3) is 3.83. The van der Waals surface area contributed by atoms with Gasteiger partial charge in [-0.25, -0.2) is 13.4 Å². The van der Waals surface area contributed by atoms with Crippen molar-refractivity contribution in [1.82, 2.24) is 9.88 Å². The van der Waals surface area contributed by atoms with Crippen molar-refractivity contribution in [3.63, 3.8) is 0 Å². The molecule has 1 saturated carbocycles. The zero-order valence-electron chi connectivity index (χ0n) is 13.2. The Bertz CT molecular complexity index is 634. The van der Waals surface area contributed by atoms with E-state index in [-0.39, 0.29) is 16.9 Å². The quantitative estimate of drug-likeness (QED) is 0.822. The van der Waals surface area contributed by atoms with E-state index in [1.807, 2.05) is 18.2 Å². The summed E-state index contributed by atoms with van der Waals surface area (Å²) in [6, 6.07) is 5.76. The highest BCUT2D eigenvalue weighted by atomic mass is 32.2. The lowest BCUT2D eigenvalue weighted by Crippen LogP contribution is -2.50. The second-order valence-electron chi connectivity index (χ2n) is 6.27. The monoisotopic (exact) mass is 337 g/mol. The van der Waals surface area contributed by atoms with Crippen LogP contribution in [0.2, 0.25) is 0 Å². The number of hydrogen-bond acceptors (Lipinski definition) is 5. The van der Waals surface area contributed by atoms with Crippen LogP contribution in [0.25, 0.3) is 0 Å². The van der Waals surface area contributed by atoms with Gasteiger partial charge in [-0.1, -0.05) is 18.9 Å². The van der Waals surface area contributed by atoms with Crippen molar-refractivity contribution >= 4 is 21.6 Å². The van der Waals surface area contributed by atoms with Crippen molar-refractivity contribution < 1.29 is 13.2 Å². The smallest absolute Gasteiger partial charge is 0.237 e. The minimum atomic E-state index is -3.29. The van der Waals surface area contributed by atoms with Crippen molar-refractivity contribution in [3.05, 3.63) is 24.4 Å². The number of piperazine rings is 1. The molecule has 126 valence electrons. The molecule has 2 fully saturated rings. The Morgan fingerprint density at radius 1 is 1.13 bits per heavy atom. The Kier molecular flexibility index (Phi) is 4.84. The Hall–Kier alpha value is -1.63. The summed E-state index contributed by atoms with van der Waals surface area (Å²) in [4.78, 5) is 20.4. The van der Waals surface area contributed by atoms with Gasteiger partial charge in [0.15, 0.2) is 9.84 Å². The van der Waals surface area contributed by atoms with E-state index in [0.29, 0.717) is 39.0 Å². The minimum absolute atomic E-state index is 0.252. The van der Waals surface area contributed by atoms with Gasteiger partial charge >= 0.3 is 0 Å². The van der Waals surface area contributed by atoms with E-state index in [4.69, 9.17) is 0 Å². The standard InChI is InChI=1S/C16H23N3O3S/c20-16(13-23(21,22)14-5-1-2-6-14)19-11-9-18(10-12-19)15-7-3-4-8-17-15/h3-4,7-8,14H,1-2,5-6,9-13H2.